The van der Waals surface area contributed by atoms with Crippen LogP contribution in [0, 0.1) is 0 Å². The number of anilines is 1. The summed E-state index contributed by atoms with van der Waals surface area (Å²) < 4.78 is 5.26. The Kier molecular flexibility index (Phi) is 3.38. The molecule has 0 fully saturated rings. The third-order valence-electron chi connectivity index (χ3n) is 2.07. The van der Waals surface area contributed by atoms with Gasteiger partial charge in [0, 0.05) is 12.3 Å². The van der Waals surface area contributed by atoms with E-state index in [0.29, 0.717) is 19.0 Å². The highest BCUT2D eigenvalue weighted by Gasteiger charge is 1.97. The normalized spacial score (nSPS) is 10.1. The summed E-state index contributed by atoms with van der Waals surface area (Å²) in [5, 5.41) is 3.23. The van der Waals surface area contributed by atoms with Crippen LogP contribution in [0.3, 0.4) is 0 Å². The summed E-state index contributed by atoms with van der Waals surface area (Å²) in [7, 11) is 0. The lowest BCUT2D eigenvalue weighted by molar-refractivity contribution is 0.327. The third kappa shape index (κ3) is 2.73. The van der Waals surface area contributed by atoms with Gasteiger partial charge in [-0.1, -0.05) is 0 Å². The number of hydrogen-bond donors (Lipinski definition) is 2. The molecule has 0 aliphatic rings. The Morgan fingerprint density at radius 1 is 1.38 bits per heavy atom. The van der Waals surface area contributed by atoms with Crippen LogP contribution < -0.4 is 10.1 Å². The third-order valence-corrected chi connectivity index (χ3v) is 2.07. The van der Waals surface area contributed by atoms with Crippen molar-refractivity contribution in [2.75, 3.05) is 11.9 Å². The summed E-state index contributed by atoms with van der Waals surface area (Å²) in [5.41, 5.74) is 1.99. The lowest BCUT2D eigenvalue weighted by Crippen LogP contribution is -2.00. The highest BCUT2D eigenvalue weighted by Crippen LogP contribution is 2.12. The topological polar surface area (TPSA) is 62.8 Å². The maximum atomic E-state index is 5.26. The van der Waals surface area contributed by atoms with E-state index in [0.717, 1.165) is 11.4 Å². The van der Waals surface area contributed by atoms with Crippen molar-refractivity contribution in [3.63, 3.8) is 0 Å². The molecule has 0 aliphatic carbocycles. The van der Waals surface area contributed by atoms with Crippen LogP contribution in [0.5, 0.6) is 5.88 Å². The number of pyridine rings is 1. The zero-order valence-corrected chi connectivity index (χ0v) is 9.10. The SMILES string of the molecule is CCOc1ccc(NCc2cnc[nH]2)cn1. The van der Waals surface area contributed by atoms with Crippen molar-refractivity contribution >= 4 is 5.69 Å². The first kappa shape index (κ1) is 10.5. The maximum absolute atomic E-state index is 5.26. The van der Waals surface area contributed by atoms with Crippen LogP contribution in [0.4, 0.5) is 5.69 Å². The molecule has 2 rings (SSSR count). The van der Waals surface area contributed by atoms with E-state index >= 15 is 0 Å². The molecule has 0 saturated carbocycles. The summed E-state index contributed by atoms with van der Waals surface area (Å²) >= 11 is 0. The standard InChI is InChI=1S/C11H14N4O/c1-2-16-11-4-3-9(6-14-11)13-7-10-5-12-8-15-10/h3-6,8,13H,2,7H2,1H3,(H,12,15). The molecule has 0 spiro atoms. The Hall–Kier alpha value is -2.04. The van der Waals surface area contributed by atoms with Crippen molar-refractivity contribution in [1.29, 1.82) is 0 Å². The number of H-pyrrole nitrogens is 1. The van der Waals surface area contributed by atoms with Crippen LogP contribution >= 0.6 is 0 Å². The maximum Gasteiger partial charge on any atom is 0.213 e. The number of hydrogen-bond acceptors (Lipinski definition) is 4. The highest BCUT2D eigenvalue weighted by atomic mass is 16.5. The summed E-state index contributed by atoms with van der Waals surface area (Å²) in [4.78, 5) is 11.1. The molecular weight excluding hydrogens is 204 g/mol. The zero-order chi connectivity index (χ0) is 11.2. The fourth-order valence-electron chi connectivity index (χ4n) is 1.30. The Morgan fingerprint density at radius 2 is 2.31 bits per heavy atom. The number of aromatic amines is 1. The van der Waals surface area contributed by atoms with E-state index in [1.54, 1.807) is 18.7 Å². The van der Waals surface area contributed by atoms with Crippen LogP contribution in [0.25, 0.3) is 0 Å². The van der Waals surface area contributed by atoms with Crippen LogP contribution in [-0.4, -0.2) is 21.6 Å². The van der Waals surface area contributed by atoms with Gasteiger partial charge >= 0.3 is 0 Å². The molecule has 2 aromatic heterocycles. The first-order valence-electron chi connectivity index (χ1n) is 5.18. The van der Waals surface area contributed by atoms with Gasteiger partial charge in [0.15, 0.2) is 0 Å². The first-order valence-corrected chi connectivity index (χ1v) is 5.18. The molecular formula is C11H14N4O. The molecule has 0 amide bonds. The molecule has 0 aromatic carbocycles. The van der Waals surface area contributed by atoms with Gasteiger partial charge in [-0.25, -0.2) is 9.97 Å². The van der Waals surface area contributed by atoms with E-state index < -0.39 is 0 Å². The van der Waals surface area contributed by atoms with Crippen molar-refractivity contribution in [2.45, 2.75) is 13.5 Å². The molecule has 0 aliphatic heterocycles. The average Bonchev–Trinajstić information content (AvgIpc) is 2.82. The molecule has 0 atom stereocenters. The summed E-state index contributed by atoms with van der Waals surface area (Å²) in [5.74, 6) is 0.648. The van der Waals surface area contributed by atoms with Gasteiger partial charge in [-0.2, -0.15) is 0 Å². The number of imidazole rings is 1. The molecule has 0 saturated heterocycles. The molecule has 0 unspecified atom stereocenters. The minimum atomic E-state index is 0.633. The second-order valence-corrected chi connectivity index (χ2v) is 3.25. The predicted octanol–water partition coefficient (Wildman–Crippen LogP) is 1.82. The van der Waals surface area contributed by atoms with E-state index in [1.807, 2.05) is 19.1 Å². The van der Waals surface area contributed by atoms with Crippen LogP contribution in [0.1, 0.15) is 12.6 Å². The fourth-order valence-corrected chi connectivity index (χ4v) is 1.30. The Morgan fingerprint density at radius 3 is 2.94 bits per heavy atom. The Bertz CT molecular complexity index is 410. The second kappa shape index (κ2) is 5.16. The molecule has 0 bridgehead atoms. The lowest BCUT2D eigenvalue weighted by atomic mass is 10.4. The van der Waals surface area contributed by atoms with E-state index in [4.69, 9.17) is 4.74 Å². The van der Waals surface area contributed by atoms with Gasteiger partial charge in [0.05, 0.1) is 37.1 Å². The highest BCUT2D eigenvalue weighted by molar-refractivity contribution is 5.42. The monoisotopic (exact) mass is 218 g/mol. The van der Waals surface area contributed by atoms with Crippen LogP contribution in [-0.2, 0) is 6.54 Å². The van der Waals surface area contributed by atoms with Crippen LogP contribution in [0.15, 0.2) is 30.9 Å². The molecule has 0 radical (unpaired) electrons. The van der Waals surface area contributed by atoms with Gasteiger partial charge in [-0.15, -0.1) is 0 Å². The molecule has 84 valence electrons. The van der Waals surface area contributed by atoms with Gasteiger partial charge in [-0.3, -0.25) is 0 Å². The predicted molar refractivity (Wildman–Crippen MR) is 61.3 cm³/mol. The Balaban J connectivity index is 1.90. The number of nitrogens with zero attached hydrogens (tertiary/aromatic N) is 2. The summed E-state index contributed by atoms with van der Waals surface area (Å²) in [6.07, 6.45) is 5.20. The molecule has 16 heavy (non-hydrogen) atoms. The minimum absolute atomic E-state index is 0.633. The van der Waals surface area contributed by atoms with E-state index in [-0.39, 0.29) is 0 Å². The van der Waals surface area contributed by atoms with Gasteiger partial charge < -0.3 is 15.0 Å². The largest absolute Gasteiger partial charge is 0.478 e. The molecule has 5 heteroatoms. The molecule has 2 aromatic rings. The van der Waals surface area contributed by atoms with Gasteiger partial charge in [0.2, 0.25) is 5.88 Å². The number of aromatic nitrogens is 3. The smallest absolute Gasteiger partial charge is 0.213 e. The van der Waals surface area contributed by atoms with Crippen LogP contribution in [0.2, 0.25) is 0 Å². The Labute approximate surface area is 93.9 Å². The average molecular weight is 218 g/mol. The van der Waals surface area contributed by atoms with Gasteiger partial charge in [-0.05, 0) is 13.0 Å². The van der Waals surface area contributed by atoms with Crippen molar-refractivity contribution < 1.29 is 4.74 Å². The van der Waals surface area contributed by atoms with Crippen molar-refractivity contribution in [3.8, 4) is 5.88 Å². The number of ether oxygens (including phenoxy) is 1. The van der Waals surface area contributed by atoms with Gasteiger partial charge in [0.1, 0.15) is 0 Å². The number of rotatable bonds is 5. The zero-order valence-electron chi connectivity index (χ0n) is 9.10. The van der Waals surface area contributed by atoms with E-state index in [9.17, 15) is 0 Å². The van der Waals surface area contributed by atoms with Crippen molar-refractivity contribution in [2.24, 2.45) is 0 Å². The molecule has 2 N–H and O–H groups in total. The minimum Gasteiger partial charge on any atom is -0.478 e. The molecule has 2 heterocycles. The van der Waals surface area contributed by atoms with Crippen molar-refractivity contribution in [3.05, 3.63) is 36.5 Å². The van der Waals surface area contributed by atoms with E-state index in [2.05, 4.69) is 20.3 Å². The summed E-state index contributed by atoms with van der Waals surface area (Å²) in [6, 6.07) is 3.78. The van der Waals surface area contributed by atoms with Gasteiger partial charge in [0.25, 0.3) is 0 Å². The second-order valence-electron chi connectivity index (χ2n) is 3.25. The first-order chi connectivity index (χ1) is 7.88. The summed E-state index contributed by atoms with van der Waals surface area (Å²) in [6.45, 7) is 3.27. The quantitative estimate of drug-likeness (QED) is 0.803. The van der Waals surface area contributed by atoms with Crippen molar-refractivity contribution in [1.82, 2.24) is 15.0 Å². The van der Waals surface area contributed by atoms with E-state index in [1.165, 1.54) is 0 Å². The molecule has 5 nitrogen and oxygen atoms in total. The lowest BCUT2D eigenvalue weighted by Gasteiger charge is -2.05. The fraction of sp³-hybridized carbons (Fsp3) is 0.273. The number of nitrogens with one attached hydrogen (secondary N) is 2.